The summed E-state index contributed by atoms with van der Waals surface area (Å²) in [5.74, 6) is -1.70. The Hall–Kier alpha value is -2.89. The van der Waals surface area contributed by atoms with Gasteiger partial charge in [-0.05, 0) is 56.2 Å². The van der Waals surface area contributed by atoms with Gasteiger partial charge < -0.3 is 15.0 Å². The highest BCUT2D eigenvalue weighted by Crippen LogP contribution is 2.14. The number of rotatable bonds is 4. The van der Waals surface area contributed by atoms with Gasteiger partial charge in [-0.25, -0.2) is 4.79 Å². The molecule has 2 aromatic rings. The number of aryl methyl sites for hydroxylation is 3. The Balaban J connectivity index is 2.23. The van der Waals surface area contributed by atoms with E-state index in [4.69, 9.17) is 5.11 Å². The Morgan fingerprint density at radius 3 is 2.39 bits per heavy atom. The second-order valence-corrected chi connectivity index (χ2v) is 5.43. The third-order valence-electron chi connectivity index (χ3n) is 3.72. The Bertz CT molecular complexity index is 837. The smallest absolute Gasteiger partial charge is 0.341 e. The predicted molar refractivity (Wildman–Crippen MR) is 86.9 cm³/mol. The number of amides is 1. The monoisotopic (exact) mass is 314 g/mol. The minimum atomic E-state index is -1.31. The van der Waals surface area contributed by atoms with Crippen LogP contribution >= 0.6 is 0 Å². The van der Waals surface area contributed by atoms with Crippen LogP contribution in [0.5, 0.6) is 0 Å². The number of carboxylic acids is 1. The molecule has 1 heterocycles. The summed E-state index contributed by atoms with van der Waals surface area (Å²) in [5, 5.41) is 11.7. The number of hydrogen-bond donors (Lipinski definition) is 2. The van der Waals surface area contributed by atoms with Gasteiger partial charge in [0.15, 0.2) is 0 Å². The fourth-order valence-corrected chi connectivity index (χ4v) is 2.19. The van der Waals surface area contributed by atoms with Gasteiger partial charge in [-0.1, -0.05) is 6.07 Å². The Kier molecular flexibility index (Phi) is 4.64. The van der Waals surface area contributed by atoms with Gasteiger partial charge in [0.1, 0.15) is 12.1 Å². The van der Waals surface area contributed by atoms with E-state index in [9.17, 15) is 14.4 Å². The Morgan fingerprint density at radius 2 is 1.78 bits per heavy atom. The molecule has 0 aliphatic rings. The average Bonchev–Trinajstić information content (AvgIpc) is 2.47. The van der Waals surface area contributed by atoms with Gasteiger partial charge in [-0.15, -0.1) is 0 Å². The van der Waals surface area contributed by atoms with Crippen molar-refractivity contribution < 1.29 is 14.7 Å². The molecule has 0 aliphatic carbocycles. The van der Waals surface area contributed by atoms with Gasteiger partial charge in [0.2, 0.25) is 5.91 Å². The van der Waals surface area contributed by atoms with Crippen molar-refractivity contribution in [2.45, 2.75) is 27.3 Å². The first kappa shape index (κ1) is 16.5. The number of nitrogens with zero attached hydrogens (tertiary/aromatic N) is 1. The van der Waals surface area contributed by atoms with E-state index in [2.05, 4.69) is 5.32 Å². The summed E-state index contributed by atoms with van der Waals surface area (Å²) in [5.41, 5.74) is 2.28. The summed E-state index contributed by atoms with van der Waals surface area (Å²) in [6, 6.07) is 8.28. The summed E-state index contributed by atoms with van der Waals surface area (Å²) < 4.78 is 1.15. The predicted octanol–water partition coefficient (Wildman–Crippen LogP) is 2.11. The number of anilines is 1. The SMILES string of the molecule is Cc1ccc(NC(=O)Cn2c(C)ccc(C(=O)O)c2=O)cc1C. The maximum atomic E-state index is 12.1. The van der Waals surface area contributed by atoms with Crippen LogP contribution in [0.15, 0.2) is 35.1 Å². The van der Waals surface area contributed by atoms with E-state index >= 15 is 0 Å². The van der Waals surface area contributed by atoms with Gasteiger partial charge in [0.05, 0.1) is 0 Å². The lowest BCUT2D eigenvalue weighted by molar-refractivity contribution is -0.116. The van der Waals surface area contributed by atoms with Crippen LogP contribution in [0.25, 0.3) is 0 Å². The van der Waals surface area contributed by atoms with Crippen LogP contribution < -0.4 is 10.9 Å². The van der Waals surface area contributed by atoms with Crippen molar-refractivity contribution in [3.05, 3.63) is 63.1 Å². The molecule has 0 aliphatic heterocycles. The number of benzene rings is 1. The molecule has 1 amide bonds. The van der Waals surface area contributed by atoms with Gasteiger partial charge in [0, 0.05) is 11.4 Å². The van der Waals surface area contributed by atoms with Crippen molar-refractivity contribution in [3.8, 4) is 0 Å². The van der Waals surface area contributed by atoms with Crippen LogP contribution in [-0.4, -0.2) is 21.6 Å². The number of nitrogens with one attached hydrogen (secondary N) is 1. The highest BCUT2D eigenvalue weighted by Gasteiger charge is 2.14. The fourth-order valence-electron chi connectivity index (χ4n) is 2.19. The lowest BCUT2D eigenvalue weighted by atomic mass is 10.1. The number of carbonyl (C=O) groups excluding carboxylic acids is 1. The number of carboxylic acid groups (broad SMARTS) is 1. The quantitative estimate of drug-likeness (QED) is 0.904. The molecule has 120 valence electrons. The number of aromatic nitrogens is 1. The number of aromatic carboxylic acids is 1. The molecule has 0 saturated carbocycles. The van der Waals surface area contributed by atoms with E-state index in [0.717, 1.165) is 15.7 Å². The summed E-state index contributed by atoms with van der Waals surface area (Å²) in [6.07, 6.45) is 0. The Labute approximate surface area is 133 Å². The normalized spacial score (nSPS) is 10.4. The molecule has 0 unspecified atom stereocenters. The van der Waals surface area contributed by atoms with Crippen molar-refractivity contribution in [1.29, 1.82) is 0 Å². The molecule has 2 N–H and O–H groups in total. The fraction of sp³-hybridized carbons (Fsp3) is 0.235. The zero-order valence-corrected chi connectivity index (χ0v) is 13.2. The molecular formula is C17H18N2O4. The topological polar surface area (TPSA) is 88.4 Å². The number of pyridine rings is 1. The van der Waals surface area contributed by atoms with Crippen LogP contribution in [0.3, 0.4) is 0 Å². The Morgan fingerprint density at radius 1 is 1.09 bits per heavy atom. The minimum Gasteiger partial charge on any atom is -0.477 e. The van der Waals surface area contributed by atoms with E-state index < -0.39 is 11.5 Å². The summed E-state index contributed by atoms with van der Waals surface area (Å²) in [7, 11) is 0. The number of hydrogen-bond acceptors (Lipinski definition) is 3. The zero-order valence-electron chi connectivity index (χ0n) is 13.2. The third-order valence-corrected chi connectivity index (χ3v) is 3.72. The molecule has 6 nitrogen and oxygen atoms in total. The first-order valence-electron chi connectivity index (χ1n) is 7.10. The van der Waals surface area contributed by atoms with E-state index in [1.165, 1.54) is 12.1 Å². The average molecular weight is 314 g/mol. The molecule has 0 atom stereocenters. The van der Waals surface area contributed by atoms with Crippen molar-refractivity contribution in [1.82, 2.24) is 4.57 Å². The van der Waals surface area contributed by atoms with Crippen LogP contribution in [0.2, 0.25) is 0 Å². The number of carbonyl (C=O) groups is 2. The molecule has 0 spiro atoms. The van der Waals surface area contributed by atoms with Crippen LogP contribution in [0.1, 0.15) is 27.2 Å². The first-order chi connectivity index (χ1) is 10.8. The van der Waals surface area contributed by atoms with Gasteiger partial charge in [0.25, 0.3) is 5.56 Å². The van der Waals surface area contributed by atoms with Crippen molar-refractivity contribution >= 4 is 17.6 Å². The van der Waals surface area contributed by atoms with Crippen molar-refractivity contribution in [2.75, 3.05) is 5.32 Å². The van der Waals surface area contributed by atoms with E-state index in [1.807, 2.05) is 26.0 Å². The standard InChI is InChI=1S/C17H18N2O4/c1-10-4-6-13(8-11(10)2)18-15(20)9-19-12(3)5-7-14(16(19)21)17(22)23/h4-8H,9H2,1-3H3,(H,18,20)(H,22,23). The lowest BCUT2D eigenvalue weighted by Gasteiger charge is -2.12. The third kappa shape index (κ3) is 3.66. The summed E-state index contributed by atoms with van der Waals surface area (Å²) in [4.78, 5) is 35.3. The molecular weight excluding hydrogens is 296 g/mol. The van der Waals surface area contributed by atoms with E-state index in [-0.39, 0.29) is 18.0 Å². The molecule has 0 radical (unpaired) electrons. The van der Waals surface area contributed by atoms with Gasteiger partial charge in [-0.3, -0.25) is 9.59 Å². The van der Waals surface area contributed by atoms with Crippen molar-refractivity contribution in [2.24, 2.45) is 0 Å². The zero-order chi connectivity index (χ0) is 17.1. The van der Waals surface area contributed by atoms with E-state index in [1.54, 1.807) is 13.0 Å². The largest absolute Gasteiger partial charge is 0.477 e. The maximum Gasteiger partial charge on any atom is 0.341 e. The minimum absolute atomic E-state index is 0.237. The second kappa shape index (κ2) is 6.48. The van der Waals surface area contributed by atoms with Crippen molar-refractivity contribution in [3.63, 3.8) is 0 Å². The molecule has 0 fully saturated rings. The summed E-state index contributed by atoms with van der Waals surface area (Å²) >= 11 is 0. The summed E-state index contributed by atoms with van der Waals surface area (Å²) in [6.45, 7) is 5.33. The second-order valence-electron chi connectivity index (χ2n) is 5.43. The first-order valence-corrected chi connectivity index (χ1v) is 7.10. The molecule has 1 aromatic carbocycles. The van der Waals surface area contributed by atoms with Crippen LogP contribution in [0, 0.1) is 20.8 Å². The molecule has 6 heteroatoms. The molecule has 0 bridgehead atoms. The molecule has 2 rings (SSSR count). The highest BCUT2D eigenvalue weighted by atomic mass is 16.4. The van der Waals surface area contributed by atoms with Crippen LogP contribution in [-0.2, 0) is 11.3 Å². The van der Waals surface area contributed by atoms with Crippen LogP contribution in [0.4, 0.5) is 5.69 Å². The molecule has 1 aromatic heterocycles. The van der Waals surface area contributed by atoms with E-state index in [0.29, 0.717) is 11.4 Å². The molecule has 23 heavy (non-hydrogen) atoms. The van der Waals surface area contributed by atoms with Gasteiger partial charge >= 0.3 is 5.97 Å². The van der Waals surface area contributed by atoms with Gasteiger partial charge in [-0.2, -0.15) is 0 Å². The molecule has 0 saturated heterocycles. The maximum absolute atomic E-state index is 12.1. The highest BCUT2D eigenvalue weighted by molar-refractivity contribution is 5.91. The lowest BCUT2D eigenvalue weighted by Crippen LogP contribution is -2.32.